The van der Waals surface area contributed by atoms with Crippen LogP contribution in [0.1, 0.15) is 66.0 Å². The molecule has 0 aliphatic carbocycles. The Morgan fingerprint density at radius 3 is 1.81 bits per heavy atom. The van der Waals surface area contributed by atoms with Gasteiger partial charge in [-0.3, -0.25) is 9.59 Å². The van der Waals surface area contributed by atoms with Crippen LogP contribution in [0.2, 0.25) is 0 Å². The van der Waals surface area contributed by atoms with Crippen molar-refractivity contribution in [3.05, 3.63) is 71.8 Å². The lowest BCUT2D eigenvalue weighted by Gasteiger charge is -2.28. The number of nitrogens with one attached hydrogen (secondary N) is 4. The van der Waals surface area contributed by atoms with Crippen molar-refractivity contribution in [3.63, 3.8) is 0 Å². The van der Waals surface area contributed by atoms with Crippen molar-refractivity contribution in [2.24, 2.45) is 11.8 Å². The fourth-order valence-electron chi connectivity index (χ4n) is 4.19. The lowest BCUT2D eigenvalue weighted by atomic mass is 10.00. The van der Waals surface area contributed by atoms with Crippen molar-refractivity contribution < 1.29 is 28.7 Å². The molecule has 43 heavy (non-hydrogen) atoms. The van der Waals surface area contributed by atoms with E-state index in [0.29, 0.717) is 6.42 Å². The molecular formula is C33H48N4O6. The number of carbonyl (C=O) groups is 4. The van der Waals surface area contributed by atoms with Crippen LogP contribution in [-0.4, -0.2) is 54.3 Å². The van der Waals surface area contributed by atoms with Gasteiger partial charge >= 0.3 is 12.2 Å². The summed E-state index contributed by atoms with van der Waals surface area (Å²) in [5.41, 5.74) is 0.991. The molecule has 0 saturated carbocycles. The molecule has 0 saturated heterocycles. The van der Waals surface area contributed by atoms with E-state index in [2.05, 4.69) is 21.3 Å². The van der Waals surface area contributed by atoms with Gasteiger partial charge in [0, 0.05) is 19.0 Å². The molecule has 0 heterocycles. The Hall–Kier alpha value is -4.08. The minimum Gasteiger partial charge on any atom is -0.445 e. The molecule has 0 bridgehead atoms. The van der Waals surface area contributed by atoms with E-state index in [1.54, 1.807) is 20.8 Å². The van der Waals surface area contributed by atoms with Crippen LogP contribution >= 0.6 is 0 Å². The number of hydrogen-bond donors (Lipinski definition) is 4. The van der Waals surface area contributed by atoms with E-state index in [1.165, 1.54) is 0 Å². The first-order valence-electron chi connectivity index (χ1n) is 14.8. The first kappa shape index (κ1) is 35.1. The minimum absolute atomic E-state index is 0.0400. The quantitative estimate of drug-likeness (QED) is 0.249. The third-order valence-corrected chi connectivity index (χ3v) is 6.45. The van der Waals surface area contributed by atoms with Gasteiger partial charge in [0.2, 0.25) is 11.8 Å². The van der Waals surface area contributed by atoms with Crippen molar-refractivity contribution in [1.82, 2.24) is 21.3 Å². The topological polar surface area (TPSA) is 135 Å². The van der Waals surface area contributed by atoms with Crippen LogP contribution < -0.4 is 21.3 Å². The molecule has 4 N–H and O–H groups in total. The van der Waals surface area contributed by atoms with Gasteiger partial charge in [-0.05, 0) is 50.2 Å². The average molecular weight is 597 g/mol. The van der Waals surface area contributed by atoms with Gasteiger partial charge in [-0.2, -0.15) is 0 Å². The summed E-state index contributed by atoms with van der Waals surface area (Å²) >= 11 is 0. The molecule has 0 aliphatic heterocycles. The molecule has 4 amide bonds. The molecular weight excluding hydrogens is 548 g/mol. The van der Waals surface area contributed by atoms with Crippen LogP contribution in [0.5, 0.6) is 0 Å². The molecule has 3 atom stereocenters. The van der Waals surface area contributed by atoms with E-state index in [1.807, 2.05) is 88.4 Å². The number of benzene rings is 2. The Kier molecular flexibility index (Phi) is 14.0. The predicted molar refractivity (Wildman–Crippen MR) is 166 cm³/mol. The molecule has 2 rings (SSSR count). The van der Waals surface area contributed by atoms with E-state index in [9.17, 15) is 19.2 Å². The van der Waals surface area contributed by atoms with Gasteiger partial charge in [0.25, 0.3) is 0 Å². The highest BCUT2D eigenvalue weighted by molar-refractivity contribution is 5.87. The van der Waals surface area contributed by atoms with Crippen LogP contribution in [-0.2, 0) is 32.1 Å². The van der Waals surface area contributed by atoms with E-state index in [-0.39, 0.29) is 37.3 Å². The third-order valence-electron chi connectivity index (χ3n) is 6.45. The van der Waals surface area contributed by atoms with Gasteiger partial charge in [0.1, 0.15) is 24.3 Å². The largest absolute Gasteiger partial charge is 0.445 e. The number of alkyl carbamates (subject to hydrolysis) is 2. The highest BCUT2D eigenvalue weighted by atomic mass is 16.6. The lowest BCUT2D eigenvalue weighted by molar-refractivity contribution is -0.126. The molecule has 0 aliphatic rings. The van der Waals surface area contributed by atoms with Crippen molar-refractivity contribution in [1.29, 1.82) is 0 Å². The fraction of sp³-hybridized carbons (Fsp3) is 0.515. The van der Waals surface area contributed by atoms with Gasteiger partial charge < -0.3 is 30.7 Å². The second-order valence-corrected chi connectivity index (χ2v) is 12.4. The van der Waals surface area contributed by atoms with Crippen LogP contribution in [0, 0.1) is 11.8 Å². The zero-order valence-corrected chi connectivity index (χ0v) is 26.4. The van der Waals surface area contributed by atoms with Crippen molar-refractivity contribution >= 4 is 24.0 Å². The number of rotatable bonds is 14. The van der Waals surface area contributed by atoms with Gasteiger partial charge in [0.15, 0.2) is 0 Å². The number of carbonyl (C=O) groups excluding carboxylic acids is 4. The predicted octanol–water partition coefficient (Wildman–Crippen LogP) is 4.72. The Balaban J connectivity index is 2.07. The Morgan fingerprint density at radius 2 is 1.28 bits per heavy atom. The average Bonchev–Trinajstić information content (AvgIpc) is 2.92. The third kappa shape index (κ3) is 14.1. The van der Waals surface area contributed by atoms with Gasteiger partial charge in [0.05, 0.1) is 0 Å². The highest BCUT2D eigenvalue weighted by Gasteiger charge is 2.29. The molecule has 10 heteroatoms. The Bertz CT molecular complexity index is 1160. The summed E-state index contributed by atoms with van der Waals surface area (Å²) in [7, 11) is 0. The van der Waals surface area contributed by atoms with Crippen molar-refractivity contribution in [3.8, 4) is 0 Å². The number of hydrogen-bond acceptors (Lipinski definition) is 6. The second kappa shape index (κ2) is 17.1. The molecule has 236 valence electrons. The number of ether oxygens (including phenoxy) is 2. The molecule has 0 fully saturated rings. The summed E-state index contributed by atoms with van der Waals surface area (Å²) in [6, 6.07) is 16.5. The molecule has 10 nitrogen and oxygen atoms in total. The molecule has 0 radical (unpaired) electrons. The first-order chi connectivity index (χ1) is 20.2. The summed E-state index contributed by atoms with van der Waals surface area (Å²) in [6.07, 6.45) is -0.714. The maximum absolute atomic E-state index is 13.4. The van der Waals surface area contributed by atoms with Crippen LogP contribution in [0.3, 0.4) is 0 Å². The summed E-state index contributed by atoms with van der Waals surface area (Å²) in [4.78, 5) is 51.7. The minimum atomic E-state index is -0.906. The van der Waals surface area contributed by atoms with Crippen molar-refractivity contribution in [2.45, 2.75) is 91.6 Å². The molecule has 0 unspecified atom stereocenters. The van der Waals surface area contributed by atoms with Gasteiger partial charge in [-0.1, -0.05) is 88.4 Å². The lowest BCUT2D eigenvalue weighted by Crippen LogP contribution is -2.56. The normalized spacial score (nSPS) is 13.4. The summed E-state index contributed by atoms with van der Waals surface area (Å²) in [5.74, 6) is -0.682. The molecule has 2 aromatic carbocycles. The van der Waals surface area contributed by atoms with E-state index < -0.39 is 41.8 Å². The maximum Gasteiger partial charge on any atom is 0.408 e. The van der Waals surface area contributed by atoms with E-state index in [4.69, 9.17) is 9.47 Å². The van der Waals surface area contributed by atoms with Gasteiger partial charge in [-0.15, -0.1) is 0 Å². The summed E-state index contributed by atoms with van der Waals surface area (Å²) in [6.45, 7) is 13.2. The molecule has 2 aromatic rings. The molecule has 0 aromatic heterocycles. The van der Waals surface area contributed by atoms with Crippen molar-refractivity contribution in [2.75, 3.05) is 6.54 Å². The second-order valence-electron chi connectivity index (χ2n) is 12.4. The maximum atomic E-state index is 13.4. The first-order valence-corrected chi connectivity index (χ1v) is 14.8. The van der Waals surface area contributed by atoms with Crippen LogP contribution in [0.4, 0.5) is 9.59 Å². The Labute approximate surface area is 255 Å². The van der Waals surface area contributed by atoms with E-state index >= 15 is 0 Å². The standard InChI is InChI=1S/C33H48N4O6/c1-22(2)18-26(37-32(41)43-33(5,6)7)30(39)35-28(23(3)4)20-34-29(38)27(19-24-14-10-8-11-15-24)36-31(40)42-21-25-16-12-9-13-17-25/h8-17,22-23,26-28H,18-21H2,1-7H3,(H,34,38)(H,35,39)(H,36,40)(H,37,41)/t26-,27-,28+/m0/s1. The zero-order valence-electron chi connectivity index (χ0n) is 26.4. The smallest absolute Gasteiger partial charge is 0.408 e. The van der Waals surface area contributed by atoms with E-state index in [0.717, 1.165) is 11.1 Å². The summed E-state index contributed by atoms with van der Waals surface area (Å²) < 4.78 is 10.7. The SMILES string of the molecule is CC(C)C[C@H](NC(=O)OC(C)(C)C)C(=O)N[C@H](CNC(=O)[C@H](Cc1ccccc1)NC(=O)OCc1ccccc1)C(C)C. The van der Waals surface area contributed by atoms with Gasteiger partial charge in [-0.25, -0.2) is 9.59 Å². The zero-order chi connectivity index (χ0) is 32.0. The Morgan fingerprint density at radius 1 is 0.721 bits per heavy atom. The number of amides is 4. The van der Waals surface area contributed by atoms with Crippen LogP contribution in [0.15, 0.2) is 60.7 Å². The highest BCUT2D eigenvalue weighted by Crippen LogP contribution is 2.11. The molecule has 0 spiro atoms. The fourth-order valence-corrected chi connectivity index (χ4v) is 4.19. The van der Waals surface area contributed by atoms with Crippen LogP contribution in [0.25, 0.3) is 0 Å². The monoisotopic (exact) mass is 596 g/mol. The summed E-state index contributed by atoms with van der Waals surface area (Å²) in [5, 5.41) is 11.2.